The quantitative estimate of drug-likeness (QED) is 0.650. The lowest BCUT2D eigenvalue weighted by atomic mass is 10.4. The number of hydrogen-bond donors (Lipinski definition) is 0. The Bertz CT molecular complexity index is 448. The molecule has 1 rings (SSSR count). The highest BCUT2D eigenvalue weighted by molar-refractivity contribution is 7.62. The normalized spacial score (nSPS) is 12.3. The molecule has 1 aromatic carbocycles. The molecule has 0 saturated carbocycles. The first-order valence-corrected chi connectivity index (χ1v) is 8.32. The fourth-order valence-corrected chi connectivity index (χ4v) is 3.03. The van der Waals surface area contributed by atoms with Crippen LogP contribution in [0.5, 0.6) is 0 Å². The lowest BCUT2D eigenvalue weighted by Gasteiger charge is -2.21. The predicted octanol–water partition coefficient (Wildman–Crippen LogP) is 1.80. The summed E-state index contributed by atoms with van der Waals surface area (Å²) in [4.78, 5) is 3.85. The Labute approximate surface area is 126 Å². The van der Waals surface area contributed by atoms with Gasteiger partial charge in [0.05, 0.1) is 18.5 Å². The summed E-state index contributed by atoms with van der Waals surface area (Å²) in [6, 6.07) is 5.40. The molecule has 0 radical (unpaired) electrons. The molecule has 0 aliphatic heterocycles. The number of benzene rings is 1. The van der Waals surface area contributed by atoms with Crippen molar-refractivity contribution in [3.63, 3.8) is 0 Å². The molecule has 0 atom stereocenters. The van der Waals surface area contributed by atoms with Gasteiger partial charge in [-0.3, -0.25) is 4.57 Å². The van der Waals surface area contributed by atoms with Crippen LogP contribution in [0.1, 0.15) is 0 Å². The van der Waals surface area contributed by atoms with Crippen molar-refractivity contribution >= 4 is 12.9 Å². The van der Waals surface area contributed by atoms with E-state index in [1.54, 1.807) is 0 Å². The minimum absolute atomic E-state index is 0.281. The average molecular weight is 318 g/mol. The summed E-state index contributed by atoms with van der Waals surface area (Å²) in [5.41, 5.74) is 0. The highest BCUT2D eigenvalue weighted by Crippen LogP contribution is 2.46. The topological polar surface area (TPSA) is 42.0 Å². The summed E-state index contributed by atoms with van der Waals surface area (Å²) in [6.45, 7) is 1.82. The molecule has 0 aliphatic carbocycles. The molecular formula is C14H24FN2O3P. The maximum atomic E-state index is 13.0. The Morgan fingerprint density at radius 1 is 0.952 bits per heavy atom. The Balaban J connectivity index is 2.77. The summed E-state index contributed by atoms with van der Waals surface area (Å²) < 4.78 is 36.9. The van der Waals surface area contributed by atoms with E-state index < -0.39 is 7.60 Å². The third kappa shape index (κ3) is 6.68. The monoisotopic (exact) mass is 318 g/mol. The van der Waals surface area contributed by atoms with Crippen molar-refractivity contribution in [2.45, 2.75) is 0 Å². The fraction of sp³-hybridized carbons (Fsp3) is 0.571. The average Bonchev–Trinajstić information content (AvgIpc) is 2.38. The summed E-state index contributed by atoms with van der Waals surface area (Å²) >= 11 is 0. The van der Waals surface area contributed by atoms with Gasteiger partial charge in [0, 0.05) is 13.1 Å². The van der Waals surface area contributed by atoms with Gasteiger partial charge in [0.2, 0.25) is 0 Å². The first kappa shape index (κ1) is 18.3. The second-order valence-corrected chi connectivity index (χ2v) is 7.27. The maximum Gasteiger partial charge on any atom is 0.361 e. The zero-order chi connectivity index (χ0) is 15.9. The lowest BCUT2D eigenvalue weighted by molar-refractivity contribution is 0.185. The van der Waals surface area contributed by atoms with Crippen LogP contribution in [0.2, 0.25) is 0 Å². The first-order valence-electron chi connectivity index (χ1n) is 6.78. The van der Waals surface area contributed by atoms with E-state index in [1.165, 1.54) is 24.3 Å². The van der Waals surface area contributed by atoms with Gasteiger partial charge in [0.1, 0.15) is 5.82 Å². The van der Waals surface area contributed by atoms with Crippen LogP contribution in [0.15, 0.2) is 24.3 Å². The standard InChI is InChI=1S/C14H24FN2O3P/c1-16(2)9-11-19-21(18,20-12-10-17(3)4)14-7-5-13(15)6-8-14/h5-8H,9-12H2,1-4H3. The summed E-state index contributed by atoms with van der Waals surface area (Å²) in [6.07, 6.45) is 0. The van der Waals surface area contributed by atoms with Crippen molar-refractivity contribution in [2.24, 2.45) is 0 Å². The number of likely N-dealkylation sites (N-methyl/N-ethyl adjacent to an activating group) is 2. The van der Waals surface area contributed by atoms with Gasteiger partial charge in [-0.25, -0.2) is 4.39 Å². The molecule has 0 saturated heterocycles. The van der Waals surface area contributed by atoms with E-state index >= 15 is 0 Å². The van der Waals surface area contributed by atoms with Gasteiger partial charge in [-0.2, -0.15) is 0 Å². The number of hydrogen-bond acceptors (Lipinski definition) is 5. The van der Waals surface area contributed by atoms with Crippen LogP contribution in [0.4, 0.5) is 4.39 Å². The molecular weight excluding hydrogens is 294 g/mol. The molecule has 0 N–H and O–H groups in total. The zero-order valence-corrected chi connectivity index (χ0v) is 14.0. The van der Waals surface area contributed by atoms with Gasteiger partial charge < -0.3 is 18.8 Å². The highest BCUT2D eigenvalue weighted by atomic mass is 31.2. The molecule has 0 amide bonds. The van der Waals surface area contributed by atoms with E-state index in [0.29, 0.717) is 18.4 Å². The Morgan fingerprint density at radius 2 is 1.38 bits per heavy atom. The molecule has 0 aromatic heterocycles. The SMILES string of the molecule is CN(C)CCOP(=O)(OCCN(C)C)c1ccc(F)cc1. The van der Waals surface area contributed by atoms with E-state index in [1.807, 2.05) is 38.0 Å². The van der Waals surface area contributed by atoms with E-state index in [2.05, 4.69) is 0 Å². The first-order chi connectivity index (χ1) is 9.83. The van der Waals surface area contributed by atoms with Crippen molar-refractivity contribution in [1.82, 2.24) is 9.80 Å². The molecule has 0 fully saturated rings. The van der Waals surface area contributed by atoms with Crippen molar-refractivity contribution in [2.75, 3.05) is 54.5 Å². The van der Waals surface area contributed by atoms with Crippen LogP contribution >= 0.6 is 7.60 Å². The van der Waals surface area contributed by atoms with Crippen molar-refractivity contribution in [1.29, 1.82) is 0 Å². The van der Waals surface area contributed by atoms with Gasteiger partial charge in [-0.05, 0) is 52.5 Å². The summed E-state index contributed by atoms with van der Waals surface area (Å²) in [7, 11) is 4.18. The number of halogens is 1. The summed E-state index contributed by atoms with van der Waals surface area (Å²) in [5.74, 6) is -0.383. The zero-order valence-electron chi connectivity index (χ0n) is 13.1. The minimum Gasteiger partial charge on any atom is -0.307 e. The van der Waals surface area contributed by atoms with Crippen LogP contribution in [0, 0.1) is 5.82 Å². The van der Waals surface area contributed by atoms with E-state index in [-0.39, 0.29) is 19.0 Å². The Kier molecular flexibility index (Phi) is 7.49. The molecule has 0 bridgehead atoms. The van der Waals surface area contributed by atoms with Gasteiger partial charge in [-0.1, -0.05) is 0 Å². The molecule has 0 heterocycles. The highest BCUT2D eigenvalue weighted by Gasteiger charge is 2.27. The number of nitrogens with zero attached hydrogens (tertiary/aromatic N) is 2. The molecule has 7 heteroatoms. The minimum atomic E-state index is -3.42. The van der Waals surface area contributed by atoms with Gasteiger partial charge in [-0.15, -0.1) is 0 Å². The predicted molar refractivity (Wildman–Crippen MR) is 82.7 cm³/mol. The lowest BCUT2D eigenvalue weighted by Crippen LogP contribution is -2.22. The Morgan fingerprint density at radius 3 is 1.76 bits per heavy atom. The third-order valence-corrected chi connectivity index (χ3v) is 4.72. The number of rotatable bonds is 9. The largest absolute Gasteiger partial charge is 0.361 e. The molecule has 120 valence electrons. The molecule has 1 aromatic rings. The van der Waals surface area contributed by atoms with Crippen LogP contribution < -0.4 is 5.30 Å². The molecule has 0 unspecified atom stereocenters. The van der Waals surface area contributed by atoms with Gasteiger partial charge in [0.25, 0.3) is 0 Å². The molecule has 0 spiro atoms. The van der Waals surface area contributed by atoms with E-state index in [0.717, 1.165) is 0 Å². The third-order valence-electron chi connectivity index (χ3n) is 2.74. The second kappa shape index (κ2) is 8.61. The van der Waals surface area contributed by atoms with E-state index in [4.69, 9.17) is 9.05 Å². The Hall–Kier alpha value is -0.780. The molecule has 21 heavy (non-hydrogen) atoms. The smallest absolute Gasteiger partial charge is 0.307 e. The van der Waals surface area contributed by atoms with Crippen molar-refractivity contribution in [3.05, 3.63) is 30.1 Å². The molecule has 0 aliphatic rings. The van der Waals surface area contributed by atoms with Crippen LogP contribution in [0.25, 0.3) is 0 Å². The molecule has 5 nitrogen and oxygen atoms in total. The van der Waals surface area contributed by atoms with Crippen molar-refractivity contribution < 1.29 is 18.0 Å². The van der Waals surface area contributed by atoms with Crippen LogP contribution in [-0.2, 0) is 13.6 Å². The fourth-order valence-electron chi connectivity index (χ4n) is 1.50. The summed E-state index contributed by atoms with van der Waals surface area (Å²) in [5, 5.41) is 0.376. The van der Waals surface area contributed by atoms with Gasteiger partial charge in [0.15, 0.2) is 0 Å². The van der Waals surface area contributed by atoms with Crippen LogP contribution in [-0.4, -0.2) is 64.3 Å². The van der Waals surface area contributed by atoms with Crippen molar-refractivity contribution in [3.8, 4) is 0 Å². The second-order valence-electron chi connectivity index (χ2n) is 5.25. The van der Waals surface area contributed by atoms with E-state index in [9.17, 15) is 8.96 Å². The van der Waals surface area contributed by atoms with Crippen LogP contribution in [0.3, 0.4) is 0 Å². The van der Waals surface area contributed by atoms with Gasteiger partial charge >= 0.3 is 7.60 Å². The maximum absolute atomic E-state index is 13.0.